The van der Waals surface area contributed by atoms with Crippen LogP contribution in [0.25, 0.3) is 0 Å². The normalized spacial score (nSPS) is 14.4. The van der Waals surface area contributed by atoms with Crippen LogP contribution >= 0.6 is 0 Å². The molecule has 0 saturated carbocycles. The van der Waals surface area contributed by atoms with E-state index in [-0.39, 0.29) is 5.91 Å². The van der Waals surface area contributed by atoms with Crippen molar-refractivity contribution in [3.63, 3.8) is 0 Å². The van der Waals surface area contributed by atoms with Crippen LogP contribution in [0.2, 0.25) is 0 Å². The smallest absolute Gasteiger partial charge is 0.223 e. The Bertz CT molecular complexity index is 728. The van der Waals surface area contributed by atoms with E-state index in [0.717, 1.165) is 57.4 Å². The number of anilines is 1. The molecule has 0 spiro atoms. The van der Waals surface area contributed by atoms with Gasteiger partial charge in [-0.15, -0.1) is 0 Å². The van der Waals surface area contributed by atoms with Crippen molar-refractivity contribution < 1.29 is 9.53 Å². The van der Waals surface area contributed by atoms with E-state index in [4.69, 9.17) is 4.74 Å². The predicted octanol–water partition coefficient (Wildman–Crippen LogP) is 2.65. The summed E-state index contributed by atoms with van der Waals surface area (Å²) in [6.45, 7) is 7.90. The molecule has 0 N–H and O–H groups in total. The van der Waals surface area contributed by atoms with E-state index in [1.165, 1.54) is 5.56 Å². The van der Waals surface area contributed by atoms with Gasteiger partial charge in [0.1, 0.15) is 11.6 Å². The number of carbonyl (C=O) groups excluding carboxylic acids is 1. The maximum absolute atomic E-state index is 12.6. The first-order valence-electron chi connectivity index (χ1n) is 9.98. The van der Waals surface area contributed by atoms with Gasteiger partial charge >= 0.3 is 0 Å². The lowest BCUT2D eigenvalue weighted by Crippen LogP contribution is -2.49. The highest BCUT2D eigenvalue weighted by atomic mass is 16.5. The van der Waals surface area contributed by atoms with Crippen molar-refractivity contribution in [3.8, 4) is 5.75 Å². The maximum atomic E-state index is 12.6. The standard InChI is InChI=1S/C22H30N4O2/c1-3-24(18-19-7-9-20(28-2)10-8-19)13-11-22(27)26-16-14-25(15-17-26)21-6-4-5-12-23-21/h4-10,12H,3,11,13-18H2,1-2H3. The number of pyridine rings is 1. The minimum Gasteiger partial charge on any atom is -0.497 e. The van der Waals surface area contributed by atoms with Gasteiger partial charge in [0.25, 0.3) is 0 Å². The second kappa shape index (κ2) is 10.1. The maximum Gasteiger partial charge on any atom is 0.223 e. The van der Waals surface area contributed by atoms with Gasteiger partial charge in [0.2, 0.25) is 5.91 Å². The minimum absolute atomic E-state index is 0.244. The summed E-state index contributed by atoms with van der Waals surface area (Å²) in [5, 5.41) is 0. The number of aromatic nitrogens is 1. The second-order valence-corrected chi connectivity index (χ2v) is 7.02. The first-order valence-corrected chi connectivity index (χ1v) is 9.98. The summed E-state index contributed by atoms with van der Waals surface area (Å²) in [5.41, 5.74) is 1.24. The number of ether oxygens (including phenoxy) is 1. The second-order valence-electron chi connectivity index (χ2n) is 7.02. The Morgan fingerprint density at radius 1 is 1.11 bits per heavy atom. The van der Waals surface area contributed by atoms with Crippen molar-refractivity contribution >= 4 is 11.7 Å². The van der Waals surface area contributed by atoms with Crippen molar-refractivity contribution in [1.29, 1.82) is 0 Å². The van der Waals surface area contributed by atoms with Gasteiger partial charge in [0, 0.05) is 51.9 Å². The average molecular weight is 383 g/mol. The summed E-state index contributed by atoms with van der Waals surface area (Å²) in [4.78, 5) is 23.6. The molecule has 0 atom stereocenters. The highest BCUT2D eigenvalue weighted by Crippen LogP contribution is 2.15. The molecule has 2 aromatic rings. The van der Waals surface area contributed by atoms with Gasteiger partial charge in [-0.3, -0.25) is 9.69 Å². The molecular formula is C22H30N4O2. The van der Waals surface area contributed by atoms with E-state index >= 15 is 0 Å². The summed E-state index contributed by atoms with van der Waals surface area (Å²) in [5.74, 6) is 2.10. The van der Waals surface area contributed by atoms with Crippen LogP contribution in [0.3, 0.4) is 0 Å². The van der Waals surface area contributed by atoms with Gasteiger partial charge in [0.15, 0.2) is 0 Å². The summed E-state index contributed by atoms with van der Waals surface area (Å²) >= 11 is 0. The molecule has 1 aromatic carbocycles. The lowest BCUT2D eigenvalue weighted by molar-refractivity contribution is -0.131. The largest absolute Gasteiger partial charge is 0.497 e. The fourth-order valence-corrected chi connectivity index (χ4v) is 3.48. The van der Waals surface area contributed by atoms with Crippen LogP contribution in [-0.4, -0.2) is 67.1 Å². The van der Waals surface area contributed by atoms with E-state index in [1.54, 1.807) is 7.11 Å². The van der Waals surface area contributed by atoms with E-state index in [9.17, 15) is 4.79 Å². The zero-order valence-corrected chi connectivity index (χ0v) is 16.9. The number of carbonyl (C=O) groups is 1. The van der Waals surface area contributed by atoms with Crippen LogP contribution in [0.15, 0.2) is 48.7 Å². The SMILES string of the molecule is CCN(CCC(=O)N1CCN(c2ccccn2)CC1)Cc1ccc(OC)cc1. The molecule has 0 bridgehead atoms. The number of nitrogens with zero attached hydrogens (tertiary/aromatic N) is 4. The fourth-order valence-electron chi connectivity index (χ4n) is 3.48. The van der Waals surface area contributed by atoms with Crippen molar-refractivity contribution in [2.24, 2.45) is 0 Å². The third-order valence-corrected chi connectivity index (χ3v) is 5.26. The monoisotopic (exact) mass is 382 g/mol. The highest BCUT2D eigenvalue weighted by molar-refractivity contribution is 5.76. The third-order valence-electron chi connectivity index (χ3n) is 5.26. The van der Waals surface area contributed by atoms with Crippen molar-refractivity contribution in [2.45, 2.75) is 19.9 Å². The molecule has 1 aliphatic heterocycles. The van der Waals surface area contributed by atoms with Crippen LogP contribution in [0.4, 0.5) is 5.82 Å². The van der Waals surface area contributed by atoms with Gasteiger partial charge < -0.3 is 14.5 Å². The Balaban J connectivity index is 1.43. The summed E-state index contributed by atoms with van der Waals surface area (Å²) in [7, 11) is 1.68. The quantitative estimate of drug-likeness (QED) is 0.703. The lowest BCUT2D eigenvalue weighted by atomic mass is 10.2. The zero-order chi connectivity index (χ0) is 19.8. The Labute approximate surface area is 167 Å². The molecule has 150 valence electrons. The van der Waals surface area contributed by atoms with Gasteiger partial charge in [-0.1, -0.05) is 25.1 Å². The van der Waals surface area contributed by atoms with Crippen LogP contribution in [0, 0.1) is 0 Å². The molecule has 1 saturated heterocycles. The molecular weight excluding hydrogens is 352 g/mol. The number of rotatable bonds is 8. The molecule has 1 aromatic heterocycles. The molecule has 1 amide bonds. The number of amides is 1. The Morgan fingerprint density at radius 3 is 2.46 bits per heavy atom. The Morgan fingerprint density at radius 2 is 1.86 bits per heavy atom. The number of hydrogen-bond acceptors (Lipinski definition) is 5. The molecule has 1 aliphatic rings. The van der Waals surface area contributed by atoms with Crippen LogP contribution < -0.4 is 9.64 Å². The molecule has 0 aliphatic carbocycles. The summed E-state index contributed by atoms with van der Waals surface area (Å²) in [6, 6.07) is 14.1. The van der Waals surface area contributed by atoms with E-state index in [0.29, 0.717) is 6.42 Å². The minimum atomic E-state index is 0.244. The van der Waals surface area contributed by atoms with Crippen LogP contribution in [0.1, 0.15) is 18.9 Å². The predicted molar refractivity (Wildman–Crippen MR) is 112 cm³/mol. The number of methoxy groups -OCH3 is 1. The van der Waals surface area contributed by atoms with Gasteiger partial charge in [-0.25, -0.2) is 4.98 Å². The Kier molecular flexibility index (Phi) is 7.25. The van der Waals surface area contributed by atoms with E-state index < -0.39 is 0 Å². The number of benzene rings is 1. The fraction of sp³-hybridized carbons (Fsp3) is 0.455. The third kappa shape index (κ3) is 5.45. The van der Waals surface area contributed by atoms with E-state index in [2.05, 4.69) is 33.8 Å². The van der Waals surface area contributed by atoms with Gasteiger partial charge in [-0.05, 0) is 36.4 Å². The molecule has 3 rings (SSSR count). The molecule has 0 unspecified atom stereocenters. The van der Waals surface area contributed by atoms with Gasteiger partial charge in [-0.2, -0.15) is 0 Å². The lowest BCUT2D eigenvalue weighted by Gasteiger charge is -2.35. The van der Waals surface area contributed by atoms with Crippen molar-refractivity contribution in [1.82, 2.24) is 14.8 Å². The first kappa shape index (κ1) is 20.1. The molecule has 1 fully saturated rings. The molecule has 6 nitrogen and oxygen atoms in total. The van der Waals surface area contributed by atoms with Crippen molar-refractivity contribution in [3.05, 3.63) is 54.2 Å². The Hall–Kier alpha value is -2.60. The van der Waals surface area contributed by atoms with Crippen LogP contribution in [0.5, 0.6) is 5.75 Å². The highest BCUT2D eigenvalue weighted by Gasteiger charge is 2.22. The van der Waals surface area contributed by atoms with E-state index in [1.807, 2.05) is 41.4 Å². The molecule has 2 heterocycles. The van der Waals surface area contributed by atoms with Crippen molar-refractivity contribution in [2.75, 3.05) is 51.3 Å². The summed E-state index contributed by atoms with van der Waals surface area (Å²) < 4.78 is 5.21. The number of piperazine rings is 1. The zero-order valence-electron chi connectivity index (χ0n) is 16.9. The molecule has 28 heavy (non-hydrogen) atoms. The summed E-state index contributed by atoms with van der Waals surface area (Å²) in [6.07, 6.45) is 2.38. The average Bonchev–Trinajstić information content (AvgIpc) is 2.77. The van der Waals surface area contributed by atoms with Gasteiger partial charge in [0.05, 0.1) is 7.11 Å². The molecule has 0 radical (unpaired) electrons. The molecule has 6 heteroatoms. The number of hydrogen-bond donors (Lipinski definition) is 0. The van der Waals surface area contributed by atoms with Crippen LogP contribution in [-0.2, 0) is 11.3 Å². The first-order chi connectivity index (χ1) is 13.7. The topological polar surface area (TPSA) is 48.9 Å².